The van der Waals surface area contributed by atoms with E-state index >= 15 is 0 Å². The van der Waals surface area contributed by atoms with Gasteiger partial charge < -0.3 is 5.73 Å². The first-order chi connectivity index (χ1) is 6.94. The number of halogens is 2. The summed E-state index contributed by atoms with van der Waals surface area (Å²) in [6.07, 6.45) is 2.68. The smallest absolute Gasteiger partial charge is 0.123 e. The van der Waals surface area contributed by atoms with E-state index in [9.17, 15) is 4.39 Å². The Morgan fingerprint density at radius 3 is 2.73 bits per heavy atom. The van der Waals surface area contributed by atoms with E-state index in [1.54, 1.807) is 12.1 Å². The van der Waals surface area contributed by atoms with E-state index in [2.05, 4.69) is 22.9 Å². The molecule has 0 aromatic heterocycles. The first kappa shape index (κ1) is 12.7. The minimum Gasteiger partial charge on any atom is -0.325 e. The fourth-order valence-corrected chi connectivity index (χ4v) is 2.16. The van der Waals surface area contributed by atoms with Crippen LogP contribution >= 0.6 is 15.9 Å². The Kier molecular flexibility index (Phi) is 4.29. The Labute approximate surface area is 99.0 Å². The van der Waals surface area contributed by atoms with Gasteiger partial charge in [-0.1, -0.05) is 29.3 Å². The highest BCUT2D eigenvalue weighted by atomic mass is 79.9. The molecule has 15 heavy (non-hydrogen) atoms. The summed E-state index contributed by atoms with van der Waals surface area (Å²) >= 11 is 3.41. The topological polar surface area (TPSA) is 26.0 Å². The molecule has 0 aliphatic rings. The molecule has 1 unspecified atom stereocenters. The van der Waals surface area contributed by atoms with Crippen LogP contribution in [0.25, 0.3) is 0 Å². The van der Waals surface area contributed by atoms with Gasteiger partial charge in [-0.25, -0.2) is 4.39 Å². The Morgan fingerprint density at radius 1 is 1.47 bits per heavy atom. The van der Waals surface area contributed by atoms with Crippen LogP contribution in [-0.4, -0.2) is 5.54 Å². The van der Waals surface area contributed by atoms with Gasteiger partial charge in [0.25, 0.3) is 0 Å². The van der Waals surface area contributed by atoms with Gasteiger partial charge >= 0.3 is 0 Å². The molecule has 0 aliphatic carbocycles. The lowest BCUT2D eigenvalue weighted by molar-refractivity contribution is 0.423. The zero-order valence-electron chi connectivity index (χ0n) is 9.19. The van der Waals surface area contributed by atoms with Gasteiger partial charge in [0.1, 0.15) is 5.82 Å². The van der Waals surface area contributed by atoms with E-state index in [1.807, 2.05) is 6.92 Å². The maximum Gasteiger partial charge on any atom is 0.123 e. The Hall–Kier alpha value is -0.410. The minimum atomic E-state index is -0.259. The van der Waals surface area contributed by atoms with Crippen LogP contribution < -0.4 is 5.73 Å². The van der Waals surface area contributed by atoms with Crippen molar-refractivity contribution in [2.45, 2.75) is 38.6 Å². The van der Waals surface area contributed by atoms with Gasteiger partial charge in [0.2, 0.25) is 0 Å². The van der Waals surface area contributed by atoms with E-state index < -0.39 is 0 Å². The highest BCUT2D eigenvalue weighted by Crippen LogP contribution is 2.23. The SMILES string of the molecule is CCCC(C)(N)Cc1cc(F)ccc1Br. The number of hydrogen-bond donors (Lipinski definition) is 1. The van der Waals surface area contributed by atoms with Gasteiger partial charge in [0, 0.05) is 10.0 Å². The second kappa shape index (κ2) is 5.08. The molecule has 0 fully saturated rings. The Balaban J connectivity index is 2.83. The number of benzene rings is 1. The predicted octanol–water partition coefficient (Wildman–Crippen LogP) is 3.65. The van der Waals surface area contributed by atoms with E-state index in [0.29, 0.717) is 6.42 Å². The van der Waals surface area contributed by atoms with Crippen LogP contribution in [0.2, 0.25) is 0 Å². The van der Waals surface area contributed by atoms with E-state index in [4.69, 9.17) is 5.73 Å². The molecule has 1 atom stereocenters. The lowest BCUT2D eigenvalue weighted by Gasteiger charge is -2.24. The molecule has 0 saturated carbocycles. The summed E-state index contributed by atoms with van der Waals surface area (Å²) in [4.78, 5) is 0. The van der Waals surface area contributed by atoms with E-state index in [0.717, 1.165) is 22.9 Å². The van der Waals surface area contributed by atoms with Crippen molar-refractivity contribution in [3.8, 4) is 0 Å². The summed E-state index contributed by atoms with van der Waals surface area (Å²) in [5, 5.41) is 0. The van der Waals surface area contributed by atoms with Crippen LogP contribution in [0.15, 0.2) is 22.7 Å². The molecule has 2 N–H and O–H groups in total. The maximum absolute atomic E-state index is 13.0. The molecule has 0 aliphatic heterocycles. The van der Waals surface area contributed by atoms with Crippen LogP contribution in [0, 0.1) is 5.82 Å². The van der Waals surface area contributed by atoms with E-state index in [-0.39, 0.29) is 11.4 Å². The van der Waals surface area contributed by atoms with E-state index in [1.165, 1.54) is 6.07 Å². The summed E-state index contributed by atoms with van der Waals surface area (Å²) in [6, 6.07) is 4.72. The monoisotopic (exact) mass is 273 g/mol. The fraction of sp³-hybridized carbons (Fsp3) is 0.500. The van der Waals surface area contributed by atoms with Crippen molar-refractivity contribution < 1.29 is 4.39 Å². The van der Waals surface area contributed by atoms with Crippen LogP contribution in [-0.2, 0) is 6.42 Å². The molecular weight excluding hydrogens is 257 g/mol. The first-order valence-electron chi connectivity index (χ1n) is 5.17. The summed E-state index contributed by atoms with van der Waals surface area (Å²) in [6.45, 7) is 4.11. The van der Waals surface area contributed by atoms with Crippen molar-refractivity contribution in [2.24, 2.45) is 5.73 Å². The highest BCUT2D eigenvalue weighted by Gasteiger charge is 2.19. The van der Waals surface area contributed by atoms with Crippen molar-refractivity contribution >= 4 is 15.9 Å². The lowest BCUT2D eigenvalue weighted by Crippen LogP contribution is -2.38. The van der Waals surface area contributed by atoms with Gasteiger partial charge in [-0.05, 0) is 43.5 Å². The molecule has 1 rings (SSSR count). The zero-order chi connectivity index (χ0) is 11.5. The summed E-state index contributed by atoms with van der Waals surface area (Å²) < 4.78 is 14.0. The van der Waals surface area contributed by atoms with Crippen molar-refractivity contribution in [2.75, 3.05) is 0 Å². The third kappa shape index (κ3) is 3.92. The second-order valence-electron chi connectivity index (χ2n) is 4.32. The third-order valence-electron chi connectivity index (χ3n) is 2.42. The Morgan fingerprint density at radius 2 is 2.13 bits per heavy atom. The third-order valence-corrected chi connectivity index (χ3v) is 3.20. The lowest BCUT2D eigenvalue weighted by atomic mass is 9.89. The molecule has 1 nitrogen and oxygen atoms in total. The summed E-state index contributed by atoms with van der Waals surface area (Å²) in [7, 11) is 0. The molecule has 0 spiro atoms. The summed E-state index contributed by atoms with van der Waals surface area (Å²) in [5.41, 5.74) is 6.81. The summed E-state index contributed by atoms with van der Waals surface area (Å²) in [5.74, 6) is -0.208. The molecule has 0 bridgehead atoms. The Bertz CT molecular complexity index is 336. The number of hydrogen-bond acceptors (Lipinski definition) is 1. The quantitative estimate of drug-likeness (QED) is 0.891. The number of nitrogens with two attached hydrogens (primary N) is 1. The van der Waals surface area contributed by atoms with Crippen LogP contribution in [0.4, 0.5) is 4.39 Å². The van der Waals surface area contributed by atoms with Crippen LogP contribution in [0.3, 0.4) is 0 Å². The number of rotatable bonds is 4. The molecule has 0 radical (unpaired) electrons. The largest absolute Gasteiger partial charge is 0.325 e. The molecule has 0 heterocycles. The molecule has 1 aromatic rings. The van der Waals surface area contributed by atoms with Crippen LogP contribution in [0.5, 0.6) is 0 Å². The predicted molar refractivity (Wildman–Crippen MR) is 65.3 cm³/mol. The van der Waals surface area contributed by atoms with Crippen molar-refractivity contribution in [3.05, 3.63) is 34.1 Å². The fourth-order valence-electron chi connectivity index (χ4n) is 1.77. The van der Waals surface area contributed by atoms with Gasteiger partial charge in [-0.3, -0.25) is 0 Å². The second-order valence-corrected chi connectivity index (χ2v) is 5.17. The van der Waals surface area contributed by atoms with Gasteiger partial charge in [-0.15, -0.1) is 0 Å². The first-order valence-corrected chi connectivity index (χ1v) is 5.97. The van der Waals surface area contributed by atoms with Crippen molar-refractivity contribution in [3.63, 3.8) is 0 Å². The molecule has 84 valence electrons. The molecule has 0 amide bonds. The molecule has 0 saturated heterocycles. The average molecular weight is 274 g/mol. The van der Waals surface area contributed by atoms with Gasteiger partial charge in [0.15, 0.2) is 0 Å². The maximum atomic E-state index is 13.0. The zero-order valence-corrected chi connectivity index (χ0v) is 10.8. The van der Waals surface area contributed by atoms with Crippen molar-refractivity contribution in [1.82, 2.24) is 0 Å². The average Bonchev–Trinajstić information content (AvgIpc) is 2.10. The van der Waals surface area contributed by atoms with Gasteiger partial charge in [-0.2, -0.15) is 0 Å². The normalized spacial score (nSPS) is 15.0. The van der Waals surface area contributed by atoms with Crippen molar-refractivity contribution in [1.29, 1.82) is 0 Å². The molecule has 3 heteroatoms. The molecule has 1 aromatic carbocycles. The molecular formula is C12H17BrFN. The highest BCUT2D eigenvalue weighted by molar-refractivity contribution is 9.10. The minimum absolute atomic E-state index is 0.208. The van der Waals surface area contributed by atoms with Crippen LogP contribution in [0.1, 0.15) is 32.3 Å². The van der Waals surface area contributed by atoms with Gasteiger partial charge in [0.05, 0.1) is 0 Å². The standard InChI is InChI=1S/C12H17BrFN/c1-3-6-12(2,15)8-9-7-10(14)4-5-11(9)13/h4-5,7H,3,6,8,15H2,1-2H3.